The molecule has 6 nitrogen and oxygen atoms in total. The lowest BCUT2D eigenvalue weighted by Crippen LogP contribution is -2.36. The molecule has 0 fully saturated rings. The maximum absolute atomic E-state index is 13.2. The summed E-state index contributed by atoms with van der Waals surface area (Å²) in [7, 11) is -3.69. The van der Waals surface area contributed by atoms with Crippen LogP contribution in [0.25, 0.3) is 0 Å². The molecule has 2 rings (SSSR count). The summed E-state index contributed by atoms with van der Waals surface area (Å²) >= 11 is 6.26. The normalized spacial score (nSPS) is 12.0. The Morgan fingerprint density at radius 3 is 2.29 bits per heavy atom. The average Bonchev–Trinajstić information content (AvgIpc) is 3.05. The van der Waals surface area contributed by atoms with Crippen LogP contribution in [-0.2, 0) is 16.6 Å². The molecule has 0 saturated carbocycles. The molecule has 0 aliphatic heterocycles. The number of aryl methyl sites for hydroxylation is 1. The average molecular weight is 427 g/mol. The maximum atomic E-state index is 13.2. The largest absolute Gasteiger partial charge is 0.464 e. The van der Waals surface area contributed by atoms with Crippen LogP contribution in [0.5, 0.6) is 0 Å². The van der Waals surface area contributed by atoms with Gasteiger partial charge in [0.2, 0.25) is 10.0 Å². The van der Waals surface area contributed by atoms with Gasteiger partial charge in [0.1, 0.15) is 11.5 Å². The van der Waals surface area contributed by atoms with Crippen LogP contribution < -0.4 is 0 Å². The fourth-order valence-electron chi connectivity index (χ4n) is 2.92. The highest BCUT2D eigenvalue weighted by molar-refractivity contribution is 7.89. The number of carbonyl (C=O) groups is 1. The van der Waals surface area contributed by atoms with Crippen LogP contribution in [0.15, 0.2) is 39.6 Å². The number of hydrogen-bond acceptors (Lipinski definition) is 4. The third-order valence-electron chi connectivity index (χ3n) is 4.52. The molecule has 0 N–H and O–H groups in total. The summed E-state index contributed by atoms with van der Waals surface area (Å²) in [5.74, 6) is 1.07. The Balaban J connectivity index is 2.43. The van der Waals surface area contributed by atoms with Gasteiger partial charge in [-0.15, -0.1) is 0 Å². The Kier molecular flexibility index (Phi) is 7.31. The summed E-state index contributed by atoms with van der Waals surface area (Å²) in [5, 5.41) is 0.213. The van der Waals surface area contributed by atoms with Crippen LogP contribution in [0.3, 0.4) is 0 Å². The van der Waals surface area contributed by atoms with Crippen molar-refractivity contribution in [2.75, 3.05) is 13.1 Å². The standard InChI is InChI=1S/C20H27ClN2O4S/c1-6-22(7-2)28(25,26)17-10-11-19(21)18(12-17)20(24)23(14(3)4)13-16-9-8-15(5)27-16/h8-12,14H,6-7,13H2,1-5H3. The number of hydrogen-bond donors (Lipinski definition) is 0. The summed E-state index contributed by atoms with van der Waals surface area (Å²) in [5.41, 5.74) is 0.159. The fourth-order valence-corrected chi connectivity index (χ4v) is 4.61. The predicted octanol–water partition coefficient (Wildman–Crippen LogP) is 4.32. The highest BCUT2D eigenvalue weighted by Gasteiger charge is 2.27. The maximum Gasteiger partial charge on any atom is 0.256 e. The van der Waals surface area contributed by atoms with E-state index in [1.54, 1.807) is 18.7 Å². The zero-order chi connectivity index (χ0) is 21.1. The molecule has 8 heteroatoms. The van der Waals surface area contributed by atoms with E-state index in [9.17, 15) is 13.2 Å². The molecule has 0 atom stereocenters. The summed E-state index contributed by atoms with van der Waals surface area (Å²) in [4.78, 5) is 14.9. The molecule has 0 unspecified atom stereocenters. The van der Waals surface area contributed by atoms with Crippen LogP contribution in [0, 0.1) is 6.92 Å². The zero-order valence-electron chi connectivity index (χ0n) is 16.9. The second-order valence-corrected chi connectivity index (χ2v) is 9.12. The minimum Gasteiger partial charge on any atom is -0.464 e. The van der Waals surface area contributed by atoms with Gasteiger partial charge in [0.25, 0.3) is 5.91 Å². The highest BCUT2D eigenvalue weighted by atomic mass is 35.5. The van der Waals surface area contributed by atoms with Gasteiger partial charge in [-0.3, -0.25) is 4.79 Å². The van der Waals surface area contributed by atoms with Crippen molar-refractivity contribution in [2.24, 2.45) is 0 Å². The van der Waals surface area contributed by atoms with E-state index in [0.29, 0.717) is 18.8 Å². The topological polar surface area (TPSA) is 70.8 Å². The second kappa shape index (κ2) is 9.11. The third-order valence-corrected chi connectivity index (χ3v) is 6.89. The number of nitrogens with zero attached hydrogens (tertiary/aromatic N) is 2. The summed E-state index contributed by atoms with van der Waals surface area (Å²) in [6, 6.07) is 7.78. The van der Waals surface area contributed by atoms with E-state index < -0.39 is 10.0 Å². The number of sulfonamides is 1. The molecule has 0 aliphatic carbocycles. The van der Waals surface area contributed by atoms with Crippen LogP contribution in [0.4, 0.5) is 0 Å². The van der Waals surface area contributed by atoms with Gasteiger partial charge in [0.05, 0.1) is 22.0 Å². The summed E-state index contributed by atoms with van der Waals surface area (Å²) < 4.78 is 32.6. The van der Waals surface area contributed by atoms with Gasteiger partial charge in [0, 0.05) is 19.1 Å². The third kappa shape index (κ3) is 4.77. The van der Waals surface area contributed by atoms with E-state index in [2.05, 4.69) is 0 Å². The lowest BCUT2D eigenvalue weighted by atomic mass is 10.1. The molecule has 0 saturated heterocycles. The Morgan fingerprint density at radius 1 is 1.14 bits per heavy atom. The Labute approximate surface area is 172 Å². The number of furan rings is 1. The Hall–Kier alpha value is -1.83. The van der Waals surface area contributed by atoms with Crippen molar-refractivity contribution in [1.29, 1.82) is 0 Å². The van der Waals surface area contributed by atoms with Crippen LogP contribution in [0.1, 0.15) is 49.6 Å². The van der Waals surface area contributed by atoms with Gasteiger partial charge < -0.3 is 9.32 Å². The first-order chi connectivity index (χ1) is 13.1. The SMILES string of the molecule is CCN(CC)S(=O)(=O)c1ccc(Cl)c(C(=O)N(Cc2ccc(C)o2)C(C)C)c1. The van der Waals surface area contributed by atoms with Crippen LogP contribution in [0.2, 0.25) is 5.02 Å². The van der Waals surface area contributed by atoms with Crippen molar-refractivity contribution < 1.29 is 17.6 Å². The predicted molar refractivity (Wildman–Crippen MR) is 110 cm³/mol. The molecule has 0 radical (unpaired) electrons. The monoisotopic (exact) mass is 426 g/mol. The van der Waals surface area contributed by atoms with E-state index in [4.69, 9.17) is 16.0 Å². The number of benzene rings is 1. The molecule has 0 bridgehead atoms. The molecule has 1 aromatic heterocycles. The molecule has 1 aromatic carbocycles. The van der Waals surface area contributed by atoms with Gasteiger partial charge in [-0.05, 0) is 51.1 Å². The Bertz CT molecular complexity index is 933. The van der Waals surface area contributed by atoms with Gasteiger partial charge in [-0.25, -0.2) is 8.42 Å². The van der Waals surface area contributed by atoms with Crippen LogP contribution in [-0.4, -0.2) is 42.7 Å². The zero-order valence-corrected chi connectivity index (χ0v) is 18.5. The quantitative estimate of drug-likeness (QED) is 0.630. The first-order valence-corrected chi connectivity index (χ1v) is 11.1. The van der Waals surface area contributed by atoms with Crippen molar-refractivity contribution in [3.8, 4) is 0 Å². The fraction of sp³-hybridized carbons (Fsp3) is 0.450. The number of amides is 1. The van der Waals surface area contributed by atoms with E-state index in [0.717, 1.165) is 5.76 Å². The number of carbonyl (C=O) groups excluding carboxylic acids is 1. The molecule has 0 spiro atoms. The van der Waals surface area contributed by atoms with E-state index in [1.807, 2.05) is 32.9 Å². The van der Waals surface area contributed by atoms with Crippen molar-refractivity contribution in [3.05, 3.63) is 52.4 Å². The highest BCUT2D eigenvalue weighted by Crippen LogP contribution is 2.26. The molecule has 2 aromatic rings. The molecular weight excluding hydrogens is 400 g/mol. The van der Waals surface area contributed by atoms with Gasteiger partial charge in [-0.1, -0.05) is 25.4 Å². The minimum absolute atomic E-state index is 0.0569. The van der Waals surface area contributed by atoms with Crippen molar-refractivity contribution in [2.45, 2.75) is 52.1 Å². The molecule has 28 heavy (non-hydrogen) atoms. The van der Waals surface area contributed by atoms with Crippen molar-refractivity contribution in [3.63, 3.8) is 0 Å². The molecule has 1 amide bonds. The smallest absolute Gasteiger partial charge is 0.256 e. The van der Waals surface area contributed by atoms with Crippen molar-refractivity contribution in [1.82, 2.24) is 9.21 Å². The van der Waals surface area contributed by atoms with Gasteiger partial charge in [-0.2, -0.15) is 4.31 Å². The molecule has 1 heterocycles. The van der Waals surface area contributed by atoms with E-state index in [-0.39, 0.29) is 34.0 Å². The number of halogens is 1. The van der Waals surface area contributed by atoms with E-state index in [1.165, 1.54) is 22.5 Å². The lowest BCUT2D eigenvalue weighted by molar-refractivity contribution is 0.0675. The Morgan fingerprint density at radius 2 is 1.79 bits per heavy atom. The van der Waals surface area contributed by atoms with Crippen LogP contribution >= 0.6 is 11.6 Å². The van der Waals surface area contributed by atoms with E-state index >= 15 is 0 Å². The molecular formula is C20H27ClN2O4S. The lowest BCUT2D eigenvalue weighted by Gasteiger charge is -2.27. The van der Waals surface area contributed by atoms with Gasteiger partial charge >= 0.3 is 0 Å². The van der Waals surface area contributed by atoms with Gasteiger partial charge in [0.15, 0.2) is 0 Å². The summed E-state index contributed by atoms with van der Waals surface area (Å²) in [6.45, 7) is 10.1. The first kappa shape index (κ1) is 22.5. The molecule has 0 aliphatic rings. The summed E-state index contributed by atoms with van der Waals surface area (Å²) in [6.07, 6.45) is 0. The first-order valence-electron chi connectivity index (χ1n) is 9.27. The number of rotatable bonds is 8. The second-order valence-electron chi connectivity index (χ2n) is 6.77. The van der Waals surface area contributed by atoms with Crippen molar-refractivity contribution >= 4 is 27.5 Å². The minimum atomic E-state index is -3.69. The molecule has 154 valence electrons.